The minimum absolute atomic E-state index is 0.0616. The van der Waals surface area contributed by atoms with Gasteiger partial charge in [-0.2, -0.15) is 0 Å². The number of benzene rings is 4. The number of carbonyl (C=O) groups is 1. The van der Waals surface area contributed by atoms with Gasteiger partial charge in [0.2, 0.25) is 5.90 Å². The number of nitrogens with one attached hydrogen (secondary N) is 1. The predicted molar refractivity (Wildman–Crippen MR) is 167 cm³/mol. The zero-order chi connectivity index (χ0) is 30.1. The molecule has 0 aliphatic carbocycles. The predicted octanol–water partition coefficient (Wildman–Crippen LogP) is 6.45. The Morgan fingerprint density at radius 3 is 2.40 bits per heavy atom. The maximum Gasteiger partial charge on any atom is 0.252 e. The first-order valence-corrected chi connectivity index (χ1v) is 14.4. The fourth-order valence-electron chi connectivity index (χ4n) is 5.18. The molecule has 4 aromatic rings. The number of ether oxygens (including phenoxy) is 2. The molecule has 4 aromatic carbocycles. The minimum atomic E-state index is -1.30. The van der Waals surface area contributed by atoms with E-state index < -0.39 is 11.6 Å². The number of hydrogen-bond donors (Lipinski definition) is 2. The van der Waals surface area contributed by atoms with Gasteiger partial charge in [0.1, 0.15) is 11.6 Å². The van der Waals surface area contributed by atoms with E-state index in [0.717, 1.165) is 22.3 Å². The molecule has 1 amide bonds. The number of aliphatic imine (C=N–C) groups is 1. The molecule has 0 bridgehead atoms. The summed E-state index contributed by atoms with van der Waals surface area (Å²) in [6.45, 7) is 4.72. The van der Waals surface area contributed by atoms with Gasteiger partial charge in [-0.1, -0.05) is 72.8 Å². The number of aliphatic hydroxyl groups is 1. The molecule has 0 unspecified atom stereocenters. The molecule has 0 aromatic heterocycles. The third kappa shape index (κ3) is 7.01. The Bertz CT molecular complexity index is 1550. The number of halogens is 1. The van der Waals surface area contributed by atoms with Crippen molar-refractivity contribution in [2.75, 3.05) is 19.8 Å². The highest BCUT2D eigenvalue weighted by atomic mass is 19.1. The third-order valence-corrected chi connectivity index (χ3v) is 7.39. The summed E-state index contributed by atoms with van der Waals surface area (Å²) in [5.41, 5.74) is 3.15. The second kappa shape index (κ2) is 13.9. The Morgan fingerprint density at radius 1 is 0.977 bits per heavy atom. The monoisotopic (exact) mass is 578 g/mol. The molecule has 6 nitrogen and oxygen atoms in total. The Morgan fingerprint density at radius 2 is 1.70 bits per heavy atom. The molecule has 0 radical (unpaired) electrons. The molecule has 1 aliphatic heterocycles. The maximum absolute atomic E-state index is 14.0. The normalized spacial score (nSPS) is 17.5. The zero-order valence-electron chi connectivity index (χ0n) is 23.9. The van der Waals surface area contributed by atoms with Gasteiger partial charge in [0.25, 0.3) is 5.91 Å². The van der Waals surface area contributed by atoms with Crippen LogP contribution in [0.1, 0.15) is 35.6 Å². The fourth-order valence-corrected chi connectivity index (χ4v) is 5.18. The highest BCUT2D eigenvalue weighted by Gasteiger charge is 2.52. The van der Waals surface area contributed by atoms with Gasteiger partial charge >= 0.3 is 0 Å². The Kier molecular flexibility index (Phi) is 9.64. The highest BCUT2D eigenvalue weighted by Crippen LogP contribution is 2.43. The van der Waals surface area contributed by atoms with Crippen LogP contribution in [-0.2, 0) is 16.0 Å². The van der Waals surface area contributed by atoms with Crippen LogP contribution in [0.5, 0.6) is 5.75 Å². The molecule has 2 N–H and O–H groups in total. The van der Waals surface area contributed by atoms with E-state index >= 15 is 0 Å². The van der Waals surface area contributed by atoms with Gasteiger partial charge in [0.15, 0.2) is 11.6 Å². The lowest BCUT2D eigenvalue weighted by Gasteiger charge is -2.30. The highest BCUT2D eigenvalue weighted by molar-refractivity contribution is 6.01. The Balaban J connectivity index is 1.44. The van der Waals surface area contributed by atoms with Crippen LogP contribution in [0.2, 0.25) is 0 Å². The summed E-state index contributed by atoms with van der Waals surface area (Å²) in [6, 6.07) is 31.7. The maximum atomic E-state index is 14.0. The lowest BCUT2D eigenvalue weighted by molar-refractivity contribution is -0.128. The van der Waals surface area contributed by atoms with Gasteiger partial charge in [-0.3, -0.25) is 4.79 Å². The molecule has 220 valence electrons. The molecule has 0 saturated carbocycles. The van der Waals surface area contributed by atoms with E-state index in [2.05, 4.69) is 11.9 Å². The van der Waals surface area contributed by atoms with Crippen molar-refractivity contribution in [2.24, 2.45) is 4.99 Å². The Labute approximate surface area is 251 Å². The average Bonchev–Trinajstić information content (AvgIpc) is 3.43. The van der Waals surface area contributed by atoms with Gasteiger partial charge in [0, 0.05) is 31.6 Å². The van der Waals surface area contributed by atoms with Crippen LogP contribution in [0.3, 0.4) is 0 Å². The van der Waals surface area contributed by atoms with Crippen molar-refractivity contribution in [3.8, 4) is 16.9 Å². The average molecular weight is 579 g/mol. The summed E-state index contributed by atoms with van der Waals surface area (Å²) in [5, 5.41) is 12.0. The van der Waals surface area contributed by atoms with Crippen LogP contribution in [0.25, 0.3) is 11.1 Å². The topological polar surface area (TPSA) is 80.2 Å². The number of hydrogen-bond acceptors (Lipinski definition) is 5. The molecule has 7 heteroatoms. The van der Waals surface area contributed by atoms with Gasteiger partial charge in [-0.15, -0.1) is 6.58 Å². The van der Waals surface area contributed by atoms with Crippen LogP contribution in [0.15, 0.2) is 121 Å². The number of nitrogens with zero attached hydrogens (tertiary/aromatic N) is 1. The van der Waals surface area contributed by atoms with Crippen LogP contribution in [0.4, 0.5) is 4.39 Å². The molecular weight excluding hydrogens is 543 g/mol. The van der Waals surface area contributed by atoms with Gasteiger partial charge in [-0.25, -0.2) is 9.38 Å². The van der Waals surface area contributed by atoms with Gasteiger partial charge in [0.05, 0.1) is 6.61 Å². The summed E-state index contributed by atoms with van der Waals surface area (Å²) in [6.07, 6.45) is 2.24. The lowest BCUT2D eigenvalue weighted by Crippen LogP contribution is -2.48. The van der Waals surface area contributed by atoms with Crippen LogP contribution < -0.4 is 10.1 Å². The molecular formula is C36H35FN2O4. The van der Waals surface area contributed by atoms with E-state index in [1.807, 2.05) is 84.9 Å². The van der Waals surface area contributed by atoms with Crippen molar-refractivity contribution in [3.05, 3.63) is 138 Å². The molecule has 1 aliphatic rings. The second-order valence-electron chi connectivity index (χ2n) is 10.4. The van der Waals surface area contributed by atoms with E-state index in [-0.39, 0.29) is 24.8 Å². The number of carbonyl (C=O) groups excluding carboxylic acids is 1. The first kappa shape index (κ1) is 29.7. The standard InChI is InChI=1S/C36H35FN2O4/c1-2-21-36(35(41)38-22-20-26-8-6-11-31(37)25-26)33(29-14-12-28(13-15-29)27-9-4-3-5-10-27)43-34(39-36)30-16-18-32(19-17-30)42-24-7-23-40/h2-6,8-19,25,33,40H,1,7,20-24H2,(H,38,41)/t33-,36-/m1/s1. The van der Waals surface area contributed by atoms with E-state index in [4.69, 9.17) is 19.6 Å². The van der Waals surface area contributed by atoms with Gasteiger partial charge in [-0.05, 0) is 65.1 Å². The molecule has 43 heavy (non-hydrogen) atoms. The van der Waals surface area contributed by atoms with Gasteiger partial charge < -0.3 is 19.9 Å². The van der Waals surface area contributed by atoms with Crippen LogP contribution in [-0.4, -0.2) is 42.2 Å². The lowest BCUT2D eigenvalue weighted by atomic mass is 9.84. The summed E-state index contributed by atoms with van der Waals surface area (Å²) in [5.74, 6) is 0.409. The number of amides is 1. The molecule has 2 atom stereocenters. The first-order chi connectivity index (χ1) is 21.0. The summed E-state index contributed by atoms with van der Waals surface area (Å²) >= 11 is 0. The molecule has 0 saturated heterocycles. The van der Waals surface area contributed by atoms with Crippen molar-refractivity contribution < 1.29 is 23.8 Å². The fraction of sp³-hybridized carbons (Fsp3) is 0.222. The van der Waals surface area contributed by atoms with Crippen molar-refractivity contribution >= 4 is 11.8 Å². The second-order valence-corrected chi connectivity index (χ2v) is 10.4. The van der Waals surface area contributed by atoms with Crippen molar-refractivity contribution in [1.82, 2.24) is 5.32 Å². The Hall–Kier alpha value is -4.75. The molecule has 1 heterocycles. The molecule has 5 rings (SSSR count). The zero-order valence-corrected chi connectivity index (χ0v) is 23.9. The summed E-state index contributed by atoms with van der Waals surface area (Å²) in [7, 11) is 0. The minimum Gasteiger partial charge on any atom is -0.494 e. The van der Waals surface area contributed by atoms with E-state index in [9.17, 15) is 9.18 Å². The van der Waals surface area contributed by atoms with E-state index in [1.165, 1.54) is 12.1 Å². The van der Waals surface area contributed by atoms with Crippen LogP contribution in [0, 0.1) is 5.82 Å². The molecule has 0 spiro atoms. The number of rotatable bonds is 13. The van der Waals surface area contributed by atoms with Crippen LogP contribution >= 0.6 is 0 Å². The number of aliphatic hydroxyl groups excluding tert-OH is 1. The third-order valence-electron chi connectivity index (χ3n) is 7.39. The SMILES string of the molecule is C=CC[C@@]1(C(=O)NCCc2cccc(F)c2)N=C(c2ccc(OCCCO)cc2)O[C@@H]1c1ccc(-c2ccccc2)cc1. The quantitative estimate of drug-likeness (QED) is 0.141. The first-order valence-electron chi connectivity index (χ1n) is 14.4. The van der Waals surface area contributed by atoms with Crippen molar-refractivity contribution in [2.45, 2.75) is 30.9 Å². The smallest absolute Gasteiger partial charge is 0.252 e. The molecule has 0 fully saturated rings. The van der Waals surface area contributed by atoms with E-state index in [0.29, 0.717) is 43.2 Å². The summed E-state index contributed by atoms with van der Waals surface area (Å²) < 4.78 is 25.9. The largest absolute Gasteiger partial charge is 0.494 e. The van der Waals surface area contributed by atoms with Crippen molar-refractivity contribution in [1.29, 1.82) is 0 Å². The van der Waals surface area contributed by atoms with Crippen molar-refractivity contribution in [3.63, 3.8) is 0 Å². The van der Waals surface area contributed by atoms with E-state index in [1.54, 1.807) is 12.1 Å². The summed E-state index contributed by atoms with van der Waals surface area (Å²) in [4.78, 5) is 18.9.